The first-order chi connectivity index (χ1) is 12.9. The van der Waals surface area contributed by atoms with Gasteiger partial charge in [-0.3, -0.25) is 0 Å². The van der Waals surface area contributed by atoms with Crippen LogP contribution < -0.4 is 4.74 Å². The Balaban J connectivity index is 1.57. The van der Waals surface area contributed by atoms with Crippen LogP contribution in [0.3, 0.4) is 0 Å². The molecule has 0 saturated heterocycles. The lowest BCUT2D eigenvalue weighted by Crippen LogP contribution is -2.23. The minimum atomic E-state index is -2.43. The lowest BCUT2D eigenvalue weighted by Gasteiger charge is -2.23. The Kier molecular flexibility index (Phi) is 6.24. The second kappa shape index (κ2) is 8.63. The molecule has 0 fully saturated rings. The van der Waals surface area contributed by atoms with E-state index in [1.807, 2.05) is 68.4 Å². The molecule has 5 heteroatoms. The van der Waals surface area contributed by atoms with Crippen LogP contribution in [0.2, 0.25) is 0 Å². The smallest absolute Gasteiger partial charge is 0.264 e. The fourth-order valence-corrected chi connectivity index (χ4v) is 3.65. The van der Waals surface area contributed by atoms with Crippen molar-refractivity contribution in [3.8, 4) is 11.5 Å². The molecule has 0 bridgehead atoms. The van der Waals surface area contributed by atoms with Crippen LogP contribution in [0.15, 0.2) is 66.0 Å². The molecular weight excluding hydrogens is 366 g/mol. The molecule has 2 aromatic carbocycles. The number of halogens is 2. The predicted molar refractivity (Wildman–Crippen MR) is 105 cm³/mol. The molecule has 142 valence electrons. The lowest BCUT2D eigenvalue weighted by molar-refractivity contribution is 0.0834. The number of thiophene rings is 1. The second-order valence-electron chi connectivity index (χ2n) is 6.98. The van der Waals surface area contributed by atoms with E-state index in [0.717, 1.165) is 21.9 Å². The van der Waals surface area contributed by atoms with Gasteiger partial charge in [0.25, 0.3) is 6.43 Å². The van der Waals surface area contributed by atoms with Crippen LogP contribution in [0.4, 0.5) is 8.78 Å². The van der Waals surface area contributed by atoms with E-state index < -0.39 is 6.43 Å². The van der Waals surface area contributed by atoms with E-state index >= 15 is 0 Å². The fraction of sp³-hybridized carbons (Fsp3) is 0.273. The largest absolute Gasteiger partial charge is 0.457 e. The maximum absolute atomic E-state index is 12.8. The van der Waals surface area contributed by atoms with Gasteiger partial charge in [0, 0.05) is 15.9 Å². The minimum absolute atomic E-state index is 0.0776. The van der Waals surface area contributed by atoms with Gasteiger partial charge < -0.3 is 9.47 Å². The van der Waals surface area contributed by atoms with Crippen LogP contribution in [0.5, 0.6) is 11.5 Å². The Morgan fingerprint density at radius 2 is 1.70 bits per heavy atom. The van der Waals surface area contributed by atoms with Crippen molar-refractivity contribution in [3.63, 3.8) is 0 Å². The van der Waals surface area contributed by atoms with E-state index in [1.165, 1.54) is 16.7 Å². The number of hydrogen-bond acceptors (Lipinski definition) is 3. The predicted octanol–water partition coefficient (Wildman–Crippen LogP) is 6.97. The fourth-order valence-electron chi connectivity index (χ4n) is 2.64. The van der Waals surface area contributed by atoms with Gasteiger partial charge in [-0.1, -0.05) is 44.2 Å². The monoisotopic (exact) mass is 388 g/mol. The summed E-state index contributed by atoms with van der Waals surface area (Å²) in [6, 6.07) is 18.9. The van der Waals surface area contributed by atoms with Crippen molar-refractivity contribution in [2.45, 2.75) is 32.3 Å². The van der Waals surface area contributed by atoms with Gasteiger partial charge in [-0.2, -0.15) is 0 Å². The Hall–Kier alpha value is -2.24. The van der Waals surface area contributed by atoms with E-state index in [2.05, 4.69) is 0 Å². The third-order valence-corrected chi connectivity index (χ3v) is 5.46. The average molecular weight is 388 g/mol. The van der Waals surface area contributed by atoms with Crippen LogP contribution in [-0.2, 0) is 16.8 Å². The summed E-state index contributed by atoms with van der Waals surface area (Å²) in [5.74, 6) is 1.53. The van der Waals surface area contributed by atoms with Crippen molar-refractivity contribution in [3.05, 3.63) is 82.0 Å². The number of alkyl halides is 2. The molecule has 3 rings (SSSR count). The number of hydrogen-bond donors (Lipinski definition) is 0. The van der Waals surface area contributed by atoms with Gasteiger partial charge in [-0.25, -0.2) is 8.78 Å². The van der Waals surface area contributed by atoms with Gasteiger partial charge in [0.1, 0.15) is 11.5 Å². The zero-order chi connectivity index (χ0) is 19.3. The van der Waals surface area contributed by atoms with Gasteiger partial charge in [0.05, 0.1) is 13.2 Å². The van der Waals surface area contributed by atoms with Crippen LogP contribution in [0, 0.1) is 0 Å². The van der Waals surface area contributed by atoms with Crippen molar-refractivity contribution >= 4 is 11.3 Å². The highest BCUT2D eigenvalue weighted by molar-refractivity contribution is 7.10. The average Bonchev–Trinajstić information content (AvgIpc) is 3.14. The van der Waals surface area contributed by atoms with Crippen molar-refractivity contribution < 1.29 is 18.3 Å². The molecule has 1 heterocycles. The minimum Gasteiger partial charge on any atom is -0.457 e. The van der Waals surface area contributed by atoms with Crippen molar-refractivity contribution in [1.82, 2.24) is 0 Å². The SMILES string of the molecule is CC(C)(COCc1cccc(Oc2ccccc2)c1)c1cc(C(F)F)cs1. The van der Waals surface area contributed by atoms with E-state index in [0.29, 0.717) is 13.2 Å². The quantitative estimate of drug-likeness (QED) is 0.415. The first-order valence-corrected chi connectivity index (χ1v) is 9.59. The summed E-state index contributed by atoms with van der Waals surface area (Å²) in [6.07, 6.45) is -2.43. The molecule has 2 nitrogen and oxygen atoms in total. The zero-order valence-corrected chi connectivity index (χ0v) is 16.1. The third kappa shape index (κ3) is 5.37. The summed E-state index contributed by atoms with van der Waals surface area (Å²) < 4.78 is 37.3. The second-order valence-corrected chi connectivity index (χ2v) is 7.90. The highest BCUT2D eigenvalue weighted by atomic mass is 32.1. The van der Waals surface area contributed by atoms with Gasteiger partial charge in [-0.15, -0.1) is 11.3 Å². The molecule has 0 N–H and O–H groups in total. The Labute approximate surface area is 162 Å². The molecule has 0 aliphatic carbocycles. The maximum atomic E-state index is 12.8. The first kappa shape index (κ1) is 19.5. The van der Waals surface area contributed by atoms with Crippen LogP contribution >= 0.6 is 11.3 Å². The Morgan fingerprint density at radius 1 is 0.963 bits per heavy atom. The van der Waals surface area contributed by atoms with Crippen LogP contribution in [-0.4, -0.2) is 6.61 Å². The summed E-state index contributed by atoms with van der Waals surface area (Å²) in [6.45, 7) is 4.88. The highest BCUT2D eigenvalue weighted by Crippen LogP contribution is 2.33. The normalized spacial score (nSPS) is 11.7. The Bertz CT molecular complexity index is 860. The standard InChI is InChI=1S/C22H22F2O2S/c1-22(2,20-12-17(14-27-20)21(23)24)15-25-13-16-7-6-10-19(11-16)26-18-8-4-3-5-9-18/h3-12,14,21H,13,15H2,1-2H3. The summed E-state index contributed by atoms with van der Waals surface area (Å²) in [7, 11) is 0. The number of benzene rings is 2. The summed E-state index contributed by atoms with van der Waals surface area (Å²) in [4.78, 5) is 0.902. The van der Waals surface area contributed by atoms with E-state index in [-0.39, 0.29) is 11.0 Å². The van der Waals surface area contributed by atoms with Crippen LogP contribution in [0.25, 0.3) is 0 Å². The van der Waals surface area contributed by atoms with E-state index in [4.69, 9.17) is 9.47 Å². The highest BCUT2D eigenvalue weighted by Gasteiger charge is 2.24. The summed E-state index contributed by atoms with van der Waals surface area (Å²) in [5.41, 5.74) is 0.753. The molecule has 27 heavy (non-hydrogen) atoms. The number of para-hydroxylation sites is 1. The molecule has 0 aliphatic heterocycles. The number of rotatable bonds is 8. The lowest BCUT2D eigenvalue weighted by atomic mass is 9.92. The van der Waals surface area contributed by atoms with Gasteiger partial charge in [0.2, 0.25) is 0 Å². The van der Waals surface area contributed by atoms with Crippen LogP contribution in [0.1, 0.15) is 36.3 Å². The molecule has 1 aromatic heterocycles. The van der Waals surface area contributed by atoms with Gasteiger partial charge in [0.15, 0.2) is 0 Å². The molecule has 0 spiro atoms. The van der Waals surface area contributed by atoms with E-state index in [9.17, 15) is 8.78 Å². The third-order valence-electron chi connectivity index (χ3n) is 4.15. The Morgan fingerprint density at radius 3 is 2.41 bits per heavy atom. The zero-order valence-electron chi connectivity index (χ0n) is 15.3. The molecule has 3 aromatic rings. The molecule has 0 amide bonds. The molecule has 0 saturated carbocycles. The topological polar surface area (TPSA) is 18.5 Å². The summed E-state index contributed by atoms with van der Waals surface area (Å²) >= 11 is 1.35. The van der Waals surface area contributed by atoms with Gasteiger partial charge in [-0.05, 0) is 41.3 Å². The van der Waals surface area contributed by atoms with Crippen molar-refractivity contribution in [1.29, 1.82) is 0 Å². The molecular formula is C22H22F2O2S. The van der Waals surface area contributed by atoms with E-state index in [1.54, 1.807) is 6.07 Å². The van der Waals surface area contributed by atoms with Gasteiger partial charge >= 0.3 is 0 Å². The van der Waals surface area contributed by atoms with Crippen molar-refractivity contribution in [2.24, 2.45) is 0 Å². The molecule has 0 radical (unpaired) electrons. The van der Waals surface area contributed by atoms with Crippen molar-refractivity contribution in [2.75, 3.05) is 6.61 Å². The molecule has 0 atom stereocenters. The number of ether oxygens (including phenoxy) is 2. The molecule has 0 aliphatic rings. The first-order valence-electron chi connectivity index (χ1n) is 8.71. The molecule has 0 unspecified atom stereocenters. The maximum Gasteiger partial charge on any atom is 0.264 e. The summed E-state index contributed by atoms with van der Waals surface area (Å²) in [5, 5.41) is 1.52.